The highest BCUT2D eigenvalue weighted by Crippen LogP contribution is 2.36. The van der Waals surface area contributed by atoms with Crippen molar-refractivity contribution in [3.05, 3.63) is 46.3 Å². The summed E-state index contributed by atoms with van der Waals surface area (Å²) in [4.78, 5) is 2.37. The molecule has 1 aromatic carbocycles. The summed E-state index contributed by atoms with van der Waals surface area (Å²) in [5.74, 6) is 1.64. The molecule has 0 radical (unpaired) electrons. The van der Waals surface area contributed by atoms with Crippen molar-refractivity contribution < 1.29 is 4.42 Å². The molecule has 0 atom stereocenters. The second kappa shape index (κ2) is 7.34. The SMILES string of the molecule is Cc1occc1Sc1ccc(CNCC(C)C)cc1Br. The number of aryl methyl sites for hydroxylation is 1. The molecule has 20 heavy (non-hydrogen) atoms. The summed E-state index contributed by atoms with van der Waals surface area (Å²) in [6.07, 6.45) is 1.73. The molecule has 1 aromatic heterocycles. The molecule has 0 fully saturated rings. The highest BCUT2D eigenvalue weighted by Gasteiger charge is 2.07. The van der Waals surface area contributed by atoms with Crippen molar-refractivity contribution in [2.75, 3.05) is 6.54 Å². The van der Waals surface area contributed by atoms with Gasteiger partial charge >= 0.3 is 0 Å². The summed E-state index contributed by atoms with van der Waals surface area (Å²) in [5.41, 5.74) is 1.30. The van der Waals surface area contributed by atoms with Crippen LogP contribution in [0, 0.1) is 12.8 Å². The summed E-state index contributed by atoms with van der Waals surface area (Å²) < 4.78 is 6.46. The molecule has 0 aliphatic carbocycles. The number of hydrogen-bond acceptors (Lipinski definition) is 3. The van der Waals surface area contributed by atoms with E-state index < -0.39 is 0 Å². The first-order valence-electron chi connectivity index (χ1n) is 6.77. The standard InChI is InChI=1S/C16H20BrNOS/c1-11(2)9-18-10-13-4-5-16(14(17)8-13)20-15-6-7-19-12(15)3/h4-8,11,18H,9-10H2,1-3H3. The van der Waals surface area contributed by atoms with Crippen molar-refractivity contribution in [1.82, 2.24) is 5.32 Å². The van der Waals surface area contributed by atoms with Gasteiger partial charge < -0.3 is 9.73 Å². The quantitative estimate of drug-likeness (QED) is 0.767. The lowest BCUT2D eigenvalue weighted by Gasteiger charge is -2.09. The molecule has 0 spiro atoms. The van der Waals surface area contributed by atoms with Crippen LogP contribution in [0.5, 0.6) is 0 Å². The van der Waals surface area contributed by atoms with E-state index in [9.17, 15) is 0 Å². The van der Waals surface area contributed by atoms with Crippen LogP contribution in [0.4, 0.5) is 0 Å². The normalized spacial score (nSPS) is 11.2. The fourth-order valence-electron chi connectivity index (χ4n) is 1.84. The smallest absolute Gasteiger partial charge is 0.114 e. The maximum absolute atomic E-state index is 5.33. The van der Waals surface area contributed by atoms with Gasteiger partial charge in [0.2, 0.25) is 0 Å². The van der Waals surface area contributed by atoms with Crippen molar-refractivity contribution in [3.63, 3.8) is 0 Å². The summed E-state index contributed by atoms with van der Waals surface area (Å²) in [6.45, 7) is 8.38. The lowest BCUT2D eigenvalue weighted by Crippen LogP contribution is -2.18. The zero-order chi connectivity index (χ0) is 14.5. The third kappa shape index (κ3) is 4.40. The lowest BCUT2D eigenvalue weighted by molar-refractivity contribution is 0.527. The van der Waals surface area contributed by atoms with E-state index in [1.807, 2.05) is 13.0 Å². The highest BCUT2D eigenvalue weighted by molar-refractivity contribution is 9.10. The zero-order valence-corrected chi connectivity index (χ0v) is 14.5. The number of halogens is 1. The van der Waals surface area contributed by atoms with E-state index in [4.69, 9.17) is 4.42 Å². The van der Waals surface area contributed by atoms with Crippen LogP contribution in [-0.4, -0.2) is 6.54 Å². The average Bonchev–Trinajstić information content (AvgIpc) is 2.78. The number of furan rings is 1. The molecule has 2 rings (SSSR count). The third-order valence-electron chi connectivity index (χ3n) is 2.91. The molecule has 0 aliphatic rings. The molecule has 0 aliphatic heterocycles. The van der Waals surface area contributed by atoms with Crippen molar-refractivity contribution in [2.45, 2.75) is 37.1 Å². The van der Waals surface area contributed by atoms with Gasteiger partial charge in [-0.05, 0) is 59.1 Å². The Morgan fingerprint density at radius 3 is 2.65 bits per heavy atom. The van der Waals surface area contributed by atoms with Gasteiger partial charge in [0.25, 0.3) is 0 Å². The molecule has 2 aromatic rings. The second-order valence-electron chi connectivity index (χ2n) is 5.23. The first-order chi connectivity index (χ1) is 9.56. The Kier molecular flexibility index (Phi) is 5.75. The van der Waals surface area contributed by atoms with Gasteiger partial charge in [-0.1, -0.05) is 31.7 Å². The Morgan fingerprint density at radius 1 is 1.25 bits per heavy atom. The number of nitrogens with one attached hydrogen (secondary N) is 1. The zero-order valence-electron chi connectivity index (χ0n) is 12.1. The minimum atomic E-state index is 0.678. The second-order valence-corrected chi connectivity index (χ2v) is 7.17. The Balaban J connectivity index is 2.01. The first kappa shape index (κ1) is 15.7. The van der Waals surface area contributed by atoms with Crippen LogP contribution in [0.1, 0.15) is 25.2 Å². The van der Waals surface area contributed by atoms with Gasteiger partial charge in [-0.3, -0.25) is 0 Å². The van der Waals surface area contributed by atoms with Crippen molar-refractivity contribution in [2.24, 2.45) is 5.92 Å². The van der Waals surface area contributed by atoms with E-state index in [0.29, 0.717) is 5.92 Å². The van der Waals surface area contributed by atoms with Crippen LogP contribution in [0.15, 0.2) is 49.2 Å². The van der Waals surface area contributed by atoms with Crippen molar-refractivity contribution >= 4 is 27.7 Å². The molecule has 2 nitrogen and oxygen atoms in total. The fourth-order valence-corrected chi connectivity index (χ4v) is 3.35. The first-order valence-corrected chi connectivity index (χ1v) is 8.38. The van der Waals surface area contributed by atoms with Gasteiger partial charge in [-0.15, -0.1) is 0 Å². The molecule has 0 saturated carbocycles. The summed E-state index contributed by atoms with van der Waals surface area (Å²) in [5, 5.41) is 3.46. The maximum Gasteiger partial charge on any atom is 0.114 e. The minimum absolute atomic E-state index is 0.678. The van der Waals surface area contributed by atoms with Crippen LogP contribution >= 0.6 is 27.7 Å². The van der Waals surface area contributed by atoms with E-state index >= 15 is 0 Å². The van der Waals surface area contributed by atoms with Crippen LogP contribution in [-0.2, 0) is 6.54 Å². The molecule has 0 bridgehead atoms. The van der Waals surface area contributed by atoms with Gasteiger partial charge in [0.15, 0.2) is 0 Å². The predicted octanol–water partition coefficient (Wildman–Crippen LogP) is 5.25. The third-order valence-corrected chi connectivity index (χ3v) is 5.05. The summed E-state index contributed by atoms with van der Waals surface area (Å²) >= 11 is 5.38. The van der Waals surface area contributed by atoms with Gasteiger partial charge in [0.05, 0.1) is 11.2 Å². The van der Waals surface area contributed by atoms with Crippen LogP contribution < -0.4 is 5.32 Å². The number of rotatable bonds is 6. The lowest BCUT2D eigenvalue weighted by atomic mass is 10.2. The topological polar surface area (TPSA) is 25.2 Å². The average molecular weight is 354 g/mol. The molecular formula is C16H20BrNOS. The van der Waals surface area contributed by atoms with Crippen LogP contribution in [0.2, 0.25) is 0 Å². The molecule has 1 N–H and O–H groups in total. The van der Waals surface area contributed by atoms with E-state index in [-0.39, 0.29) is 0 Å². The van der Waals surface area contributed by atoms with Gasteiger partial charge in [0.1, 0.15) is 5.76 Å². The largest absolute Gasteiger partial charge is 0.468 e. The predicted molar refractivity (Wildman–Crippen MR) is 88.3 cm³/mol. The minimum Gasteiger partial charge on any atom is -0.468 e. The van der Waals surface area contributed by atoms with Gasteiger partial charge in [0, 0.05) is 15.9 Å². The molecule has 0 unspecified atom stereocenters. The van der Waals surface area contributed by atoms with E-state index in [0.717, 1.165) is 28.2 Å². The number of benzene rings is 1. The van der Waals surface area contributed by atoms with E-state index in [1.54, 1.807) is 18.0 Å². The van der Waals surface area contributed by atoms with Gasteiger partial charge in [-0.2, -0.15) is 0 Å². The van der Waals surface area contributed by atoms with Crippen molar-refractivity contribution in [1.29, 1.82) is 0 Å². The summed E-state index contributed by atoms with van der Waals surface area (Å²) in [6, 6.07) is 8.53. The molecule has 1 heterocycles. The maximum atomic E-state index is 5.33. The van der Waals surface area contributed by atoms with Crippen LogP contribution in [0.3, 0.4) is 0 Å². The van der Waals surface area contributed by atoms with E-state index in [2.05, 4.69) is 53.3 Å². The fraction of sp³-hybridized carbons (Fsp3) is 0.375. The highest BCUT2D eigenvalue weighted by atomic mass is 79.9. The Morgan fingerprint density at radius 2 is 2.05 bits per heavy atom. The van der Waals surface area contributed by atoms with Crippen molar-refractivity contribution in [3.8, 4) is 0 Å². The van der Waals surface area contributed by atoms with E-state index in [1.165, 1.54) is 10.5 Å². The Bertz CT molecular complexity index is 565. The Hall–Kier alpha value is -0.710. The Labute approximate surface area is 133 Å². The molecular weight excluding hydrogens is 334 g/mol. The monoisotopic (exact) mass is 353 g/mol. The molecule has 0 amide bonds. The number of hydrogen-bond donors (Lipinski definition) is 1. The summed E-state index contributed by atoms with van der Waals surface area (Å²) in [7, 11) is 0. The molecule has 0 saturated heterocycles. The molecule has 4 heteroatoms. The molecule has 108 valence electrons. The van der Waals surface area contributed by atoms with Crippen LogP contribution in [0.25, 0.3) is 0 Å². The van der Waals surface area contributed by atoms with Gasteiger partial charge in [-0.25, -0.2) is 0 Å².